The summed E-state index contributed by atoms with van der Waals surface area (Å²) in [5, 5.41) is 2.12. The van der Waals surface area contributed by atoms with E-state index in [0.717, 1.165) is 25.9 Å². The summed E-state index contributed by atoms with van der Waals surface area (Å²) in [6, 6.07) is 2.18. The zero-order valence-corrected chi connectivity index (χ0v) is 11.0. The first-order chi connectivity index (χ1) is 8.70. The van der Waals surface area contributed by atoms with Crippen LogP contribution in [-0.2, 0) is 16.8 Å². The highest BCUT2D eigenvalue weighted by Gasteiger charge is 2.41. The SMILES string of the molecule is FC(F)CN1CCC2(CC1)OCCc1ccsc12. The van der Waals surface area contributed by atoms with E-state index in [-0.39, 0.29) is 12.1 Å². The molecule has 2 aliphatic heterocycles. The first-order valence-electron chi connectivity index (χ1n) is 6.41. The fraction of sp³-hybridized carbons (Fsp3) is 0.692. The quantitative estimate of drug-likeness (QED) is 0.821. The van der Waals surface area contributed by atoms with E-state index in [0.29, 0.717) is 13.1 Å². The van der Waals surface area contributed by atoms with Crippen molar-refractivity contribution in [3.63, 3.8) is 0 Å². The summed E-state index contributed by atoms with van der Waals surface area (Å²) in [5.41, 5.74) is 1.22. The molecule has 0 N–H and O–H groups in total. The third-order valence-electron chi connectivity index (χ3n) is 3.97. The molecule has 3 rings (SSSR count). The summed E-state index contributed by atoms with van der Waals surface area (Å²) in [5.74, 6) is 0. The summed E-state index contributed by atoms with van der Waals surface area (Å²) in [7, 11) is 0. The Labute approximate surface area is 110 Å². The molecule has 0 radical (unpaired) electrons. The molecule has 1 aromatic heterocycles. The van der Waals surface area contributed by atoms with Gasteiger partial charge in [-0.2, -0.15) is 0 Å². The van der Waals surface area contributed by atoms with Crippen molar-refractivity contribution in [2.45, 2.75) is 31.3 Å². The Hall–Kier alpha value is -0.520. The van der Waals surface area contributed by atoms with Gasteiger partial charge in [0.05, 0.1) is 13.2 Å². The summed E-state index contributed by atoms with van der Waals surface area (Å²) in [4.78, 5) is 3.19. The lowest BCUT2D eigenvalue weighted by atomic mass is 9.85. The minimum absolute atomic E-state index is 0.104. The lowest BCUT2D eigenvalue weighted by Gasteiger charge is -2.43. The summed E-state index contributed by atoms with van der Waals surface area (Å²) >= 11 is 1.75. The van der Waals surface area contributed by atoms with Crippen molar-refractivity contribution in [2.75, 3.05) is 26.2 Å². The van der Waals surface area contributed by atoms with Crippen LogP contribution in [0.3, 0.4) is 0 Å². The summed E-state index contributed by atoms with van der Waals surface area (Å²) < 4.78 is 30.8. The molecule has 0 aliphatic carbocycles. The molecule has 1 fully saturated rings. The van der Waals surface area contributed by atoms with Crippen LogP contribution in [0.4, 0.5) is 8.78 Å². The van der Waals surface area contributed by atoms with Crippen LogP contribution in [-0.4, -0.2) is 37.6 Å². The zero-order valence-electron chi connectivity index (χ0n) is 10.2. The van der Waals surface area contributed by atoms with E-state index in [1.807, 2.05) is 4.90 Å². The Morgan fingerprint density at radius 1 is 1.39 bits per heavy atom. The van der Waals surface area contributed by atoms with Crippen LogP contribution in [0.15, 0.2) is 11.4 Å². The summed E-state index contributed by atoms with van der Waals surface area (Å²) in [6.07, 6.45) is 0.436. The molecule has 0 bridgehead atoms. The van der Waals surface area contributed by atoms with Gasteiger partial charge in [0.25, 0.3) is 6.43 Å². The molecule has 0 aromatic carbocycles. The van der Waals surface area contributed by atoms with Gasteiger partial charge in [-0.15, -0.1) is 11.3 Å². The van der Waals surface area contributed by atoms with Gasteiger partial charge in [-0.05, 0) is 36.3 Å². The number of nitrogens with zero attached hydrogens (tertiary/aromatic N) is 1. The molecular formula is C13H17F2NOS. The van der Waals surface area contributed by atoms with E-state index in [1.165, 1.54) is 10.4 Å². The van der Waals surface area contributed by atoms with Crippen molar-refractivity contribution in [1.82, 2.24) is 4.90 Å². The first-order valence-corrected chi connectivity index (χ1v) is 7.29. The van der Waals surface area contributed by atoms with Crippen molar-refractivity contribution in [1.29, 1.82) is 0 Å². The Bertz CT molecular complexity index is 413. The van der Waals surface area contributed by atoms with E-state index in [4.69, 9.17) is 4.74 Å². The highest BCUT2D eigenvalue weighted by Crippen LogP contribution is 2.44. The number of piperidine rings is 1. The van der Waals surface area contributed by atoms with Gasteiger partial charge in [0.1, 0.15) is 5.60 Å². The van der Waals surface area contributed by atoms with Gasteiger partial charge in [-0.1, -0.05) is 0 Å². The summed E-state index contributed by atoms with van der Waals surface area (Å²) in [6.45, 7) is 2.08. The Morgan fingerprint density at radius 3 is 2.89 bits per heavy atom. The van der Waals surface area contributed by atoms with Gasteiger partial charge in [-0.25, -0.2) is 8.78 Å². The first kappa shape index (κ1) is 12.5. The highest BCUT2D eigenvalue weighted by molar-refractivity contribution is 7.10. The van der Waals surface area contributed by atoms with E-state index >= 15 is 0 Å². The van der Waals surface area contributed by atoms with Crippen molar-refractivity contribution in [2.24, 2.45) is 0 Å². The van der Waals surface area contributed by atoms with Crippen LogP contribution in [0.2, 0.25) is 0 Å². The van der Waals surface area contributed by atoms with Crippen LogP contribution >= 0.6 is 11.3 Å². The lowest BCUT2D eigenvalue weighted by Crippen LogP contribution is -2.47. The Balaban J connectivity index is 1.73. The number of hydrogen-bond acceptors (Lipinski definition) is 3. The second kappa shape index (κ2) is 4.87. The van der Waals surface area contributed by atoms with Crippen LogP contribution in [0, 0.1) is 0 Å². The maximum Gasteiger partial charge on any atom is 0.251 e. The molecule has 0 unspecified atom stereocenters. The molecule has 2 aliphatic rings. The number of rotatable bonds is 2. The molecule has 1 saturated heterocycles. The highest BCUT2D eigenvalue weighted by atomic mass is 32.1. The van der Waals surface area contributed by atoms with Crippen molar-refractivity contribution < 1.29 is 13.5 Å². The van der Waals surface area contributed by atoms with Crippen LogP contribution in [0.5, 0.6) is 0 Å². The van der Waals surface area contributed by atoms with Crippen LogP contribution < -0.4 is 0 Å². The van der Waals surface area contributed by atoms with E-state index in [1.54, 1.807) is 11.3 Å². The number of halogens is 2. The molecular weight excluding hydrogens is 256 g/mol. The Kier molecular flexibility index (Phi) is 3.38. The molecule has 100 valence electrons. The maximum absolute atomic E-state index is 12.4. The topological polar surface area (TPSA) is 12.5 Å². The van der Waals surface area contributed by atoms with E-state index < -0.39 is 6.43 Å². The molecule has 18 heavy (non-hydrogen) atoms. The van der Waals surface area contributed by atoms with Crippen LogP contribution in [0.25, 0.3) is 0 Å². The van der Waals surface area contributed by atoms with Gasteiger partial charge in [-0.3, -0.25) is 4.90 Å². The number of likely N-dealkylation sites (tertiary alicyclic amines) is 1. The predicted octanol–water partition coefficient (Wildman–Crippen LogP) is 2.88. The monoisotopic (exact) mass is 273 g/mol. The largest absolute Gasteiger partial charge is 0.369 e. The lowest BCUT2D eigenvalue weighted by molar-refractivity contribution is -0.0992. The number of alkyl halides is 2. The van der Waals surface area contributed by atoms with Crippen molar-refractivity contribution in [3.05, 3.63) is 21.9 Å². The van der Waals surface area contributed by atoms with E-state index in [2.05, 4.69) is 11.4 Å². The second-order valence-electron chi connectivity index (χ2n) is 5.06. The van der Waals surface area contributed by atoms with Gasteiger partial charge in [0.15, 0.2) is 0 Å². The second-order valence-corrected chi connectivity index (χ2v) is 5.98. The minimum atomic E-state index is -2.23. The number of fused-ring (bicyclic) bond motifs is 2. The average molecular weight is 273 g/mol. The molecule has 0 amide bonds. The normalized spacial score (nSPS) is 23.5. The molecule has 0 saturated carbocycles. The molecule has 1 aromatic rings. The van der Waals surface area contributed by atoms with Crippen LogP contribution in [0.1, 0.15) is 23.3 Å². The third-order valence-corrected chi connectivity index (χ3v) is 5.11. The number of ether oxygens (including phenoxy) is 1. The average Bonchev–Trinajstić information content (AvgIpc) is 2.82. The van der Waals surface area contributed by atoms with E-state index in [9.17, 15) is 8.78 Å². The minimum Gasteiger partial charge on any atom is -0.369 e. The third kappa shape index (κ3) is 2.19. The predicted molar refractivity (Wildman–Crippen MR) is 67.3 cm³/mol. The fourth-order valence-electron chi connectivity index (χ4n) is 3.02. The molecule has 0 atom stereocenters. The molecule has 3 heterocycles. The maximum atomic E-state index is 12.4. The Morgan fingerprint density at radius 2 is 2.17 bits per heavy atom. The molecule has 2 nitrogen and oxygen atoms in total. The van der Waals surface area contributed by atoms with Gasteiger partial charge in [0, 0.05) is 18.0 Å². The molecule has 5 heteroatoms. The van der Waals surface area contributed by atoms with Crippen molar-refractivity contribution in [3.8, 4) is 0 Å². The van der Waals surface area contributed by atoms with Gasteiger partial charge >= 0.3 is 0 Å². The van der Waals surface area contributed by atoms with Crippen molar-refractivity contribution >= 4 is 11.3 Å². The molecule has 1 spiro atoms. The fourth-order valence-corrected chi connectivity index (χ4v) is 4.19. The standard InChI is InChI=1S/C13H17F2NOS/c14-11(15)9-16-5-3-13(4-6-16)12-10(1-7-17-13)2-8-18-12/h2,8,11H,1,3-7,9H2. The van der Waals surface area contributed by atoms with Gasteiger partial charge < -0.3 is 4.74 Å². The smallest absolute Gasteiger partial charge is 0.251 e. The number of thiophene rings is 1. The van der Waals surface area contributed by atoms with Gasteiger partial charge in [0.2, 0.25) is 0 Å². The zero-order chi connectivity index (χ0) is 12.6. The number of hydrogen-bond donors (Lipinski definition) is 0.